The first-order valence-corrected chi connectivity index (χ1v) is 9.91. The second kappa shape index (κ2) is 6.47. The van der Waals surface area contributed by atoms with Gasteiger partial charge in [0, 0.05) is 0 Å². The quantitative estimate of drug-likeness (QED) is 0.642. The molecule has 1 saturated heterocycles. The van der Waals surface area contributed by atoms with Crippen LogP contribution in [-0.4, -0.2) is 13.9 Å². The van der Waals surface area contributed by atoms with Gasteiger partial charge in [-0.15, -0.1) is 0 Å². The Kier molecular flexibility index (Phi) is 4.15. The fourth-order valence-corrected chi connectivity index (χ4v) is 4.64. The smallest absolute Gasteiger partial charge is 0.190 e. The zero-order valence-electron chi connectivity index (χ0n) is 13.6. The Bertz CT molecular complexity index is 949. The molecular formula is C21H18O3S. The Morgan fingerprint density at radius 1 is 0.720 bits per heavy atom. The third-order valence-corrected chi connectivity index (χ3v) is 6.16. The predicted molar refractivity (Wildman–Crippen MR) is 98.6 cm³/mol. The number of rotatable bonds is 5. The van der Waals surface area contributed by atoms with Gasteiger partial charge in [-0.1, -0.05) is 84.9 Å². The highest BCUT2D eigenvalue weighted by atomic mass is 32.2. The summed E-state index contributed by atoms with van der Waals surface area (Å²) in [5.41, 5.74) is 3.19. The summed E-state index contributed by atoms with van der Waals surface area (Å²) in [5.74, 6) is 0.0110. The summed E-state index contributed by atoms with van der Waals surface area (Å²) < 4.78 is 30.5. The lowest BCUT2D eigenvalue weighted by atomic mass is 10.0. The number of sulfone groups is 1. The third kappa shape index (κ3) is 3.50. The van der Waals surface area contributed by atoms with Crippen molar-refractivity contribution in [3.05, 3.63) is 96.1 Å². The Morgan fingerprint density at radius 3 is 1.92 bits per heavy atom. The van der Waals surface area contributed by atoms with Gasteiger partial charge in [-0.2, -0.15) is 0 Å². The summed E-state index contributed by atoms with van der Waals surface area (Å²) in [6.07, 6.45) is -0.362. The average Bonchev–Trinajstić information content (AvgIpc) is 3.45. The number of epoxide rings is 1. The van der Waals surface area contributed by atoms with Crippen molar-refractivity contribution in [1.82, 2.24) is 0 Å². The normalized spacial score (nSPS) is 19.5. The number of ether oxygens (including phenoxy) is 1. The van der Waals surface area contributed by atoms with Crippen LogP contribution in [0.5, 0.6) is 0 Å². The molecule has 126 valence electrons. The first kappa shape index (κ1) is 16.1. The molecule has 0 radical (unpaired) electrons. The van der Waals surface area contributed by atoms with Crippen LogP contribution in [-0.2, 0) is 20.3 Å². The van der Waals surface area contributed by atoms with Gasteiger partial charge in [0.15, 0.2) is 15.3 Å². The topological polar surface area (TPSA) is 46.7 Å². The van der Waals surface area contributed by atoms with Crippen LogP contribution < -0.4 is 0 Å². The van der Waals surface area contributed by atoms with Crippen molar-refractivity contribution < 1.29 is 13.2 Å². The van der Waals surface area contributed by atoms with Crippen molar-refractivity contribution in [3.8, 4) is 11.1 Å². The molecule has 0 aliphatic carbocycles. The first-order valence-electron chi connectivity index (χ1n) is 8.20. The highest BCUT2D eigenvalue weighted by Crippen LogP contribution is 2.43. The van der Waals surface area contributed by atoms with Crippen LogP contribution in [0.1, 0.15) is 17.2 Å². The van der Waals surface area contributed by atoms with E-state index in [1.54, 1.807) is 0 Å². The van der Waals surface area contributed by atoms with Crippen LogP contribution in [0.2, 0.25) is 0 Å². The van der Waals surface area contributed by atoms with Crippen LogP contribution in [0.25, 0.3) is 11.1 Å². The standard InChI is InChI=1S/C21H18O3S/c22-25(23,15-16-7-3-1-4-8-16)21-20(24-21)19-13-11-18(12-14-19)17-9-5-2-6-10-17/h1-14,20-21H,15H2/t20-,21-/m0/s1. The second-order valence-corrected chi connectivity index (χ2v) is 8.28. The van der Waals surface area contributed by atoms with Crippen LogP contribution in [0.4, 0.5) is 0 Å². The first-order chi connectivity index (χ1) is 12.1. The van der Waals surface area contributed by atoms with Crippen molar-refractivity contribution in [3.63, 3.8) is 0 Å². The van der Waals surface area contributed by atoms with Crippen molar-refractivity contribution in [2.75, 3.05) is 0 Å². The van der Waals surface area contributed by atoms with Gasteiger partial charge in [0.1, 0.15) is 6.10 Å². The van der Waals surface area contributed by atoms with Crippen molar-refractivity contribution in [1.29, 1.82) is 0 Å². The minimum Gasteiger partial charge on any atom is -0.347 e. The fourth-order valence-electron chi connectivity index (χ4n) is 2.99. The maximum absolute atomic E-state index is 12.5. The minimum absolute atomic E-state index is 0.0110. The zero-order valence-corrected chi connectivity index (χ0v) is 14.4. The largest absolute Gasteiger partial charge is 0.347 e. The number of hydrogen-bond acceptors (Lipinski definition) is 3. The van der Waals surface area contributed by atoms with E-state index in [1.165, 1.54) is 0 Å². The molecule has 4 rings (SSSR count). The molecule has 3 aromatic rings. The lowest BCUT2D eigenvalue weighted by molar-refractivity contribution is 0.399. The van der Waals surface area contributed by atoms with E-state index in [0.717, 1.165) is 22.3 Å². The van der Waals surface area contributed by atoms with Gasteiger partial charge in [-0.25, -0.2) is 8.42 Å². The SMILES string of the molecule is O=S(=O)(Cc1ccccc1)[C@@H]1O[C@H]1c1ccc(-c2ccccc2)cc1. The van der Waals surface area contributed by atoms with E-state index in [-0.39, 0.29) is 11.9 Å². The summed E-state index contributed by atoms with van der Waals surface area (Å²) in [4.78, 5) is 0. The molecule has 25 heavy (non-hydrogen) atoms. The van der Waals surface area contributed by atoms with Crippen molar-refractivity contribution in [2.24, 2.45) is 0 Å². The van der Waals surface area contributed by atoms with E-state index in [2.05, 4.69) is 12.1 Å². The molecule has 0 aromatic heterocycles. The molecule has 1 aliphatic rings. The van der Waals surface area contributed by atoms with E-state index in [1.807, 2.05) is 72.8 Å². The van der Waals surface area contributed by atoms with Gasteiger partial charge in [-0.05, 0) is 22.3 Å². The number of hydrogen-bond donors (Lipinski definition) is 0. The summed E-state index contributed by atoms with van der Waals surface area (Å²) in [6, 6.07) is 27.2. The average molecular weight is 350 g/mol. The molecule has 0 spiro atoms. The van der Waals surface area contributed by atoms with Gasteiger partial charge in [-0.3, -0.25) is 0 Å². The molecule has 1 fully saturated rings. The highest BCUT2D eigenvalue weighted by molar-refractivity contribution is 7.91. The predicted octanol–water partition coefficient (Wildman–Crippen LogP) is 4.37. The maximum atomic E-state index is 12.5. The molecular weight excluding hydrogens is 332 g/mol. The maximum Gasteiger partial charge on any atom is 0.190 e. The Labute approximate surface area is 147 Å². The lowest BCUT2D eigenvalue weighted by Gasteiger charge is -2.03. The molecule has 3 aromatic carbocycles. The molecule has 1 heterocycles. The van der Waals surface area contributed by atoms with Crippen LogP contribution in [0.15, 0.2) is 84.9 Å². The Balaban J connectivity index is 1.48. The summed E-state index contributed by atoms with van der Waals surface area (Å²) in [6.45, 7) is 0. The fraction of sp³-hybridized carbons (Fsp3) is 0.143. The molecule has 3 nitrogen and oxygen atoms in total. The lowest BCUT2D eigenvalue weighted by Crippen LogP contribution is -2.11. The van der Waals surface area contributed by atoms with Gasteiger partial charge in [0.05, 0.1) is 5.75 Å². The molecule has 2 atom stereocenters. The van der Waals surface area contributed by atoms with Gasteiger partial charge in [0.25, 0.3) is 0 Å². The number of benzene rings is 3. The second-order valence-electron chi connectivity index (χ2n) is 6.21. The Morgan fingerprint density at radius 2 is 1.28 bits per heavy atom. The van der Waals surface area contributed by atoms with Gasteiger partial charge < -0.3 is 4.74 Å². The molecule has 0 bridgehead atoms. The minimum atomic E-state index is -3.32. The monoisotopic (exact) mass is 350 g/mol. The summed E-state index contributed by atoms with van der Waals surface area (Å²) in [7, 11) is -3.32. The molecule has 4 heteroatoms. The van der Waals surface area contributed by atoms with Crippen LogP contribution in [0.3, 0.4) is 0 Å². The van der Waals surface area contributed by atoms with Crippen molar-refractivity contribution >= 4 is 9.84 Å². The summed E-state index contributed by atoms with van der Waals surface area (Å²) >= 11 is 0. The Hall–Kier alpha value is -2.43. The van der Waals surface area contributed by atoms with E-state index in [4.69, 9.17) is 4.74 Å². The molecule has 1 aliphatic heterocycles. The molecule has 0 unspecified atom stereocenters. The summed E-state index contributed by atoms with van der Waals surface area (Å²) in [5, 5.41) is 0. The van der Waals surface area contributed by atoms with E-state index in [0.29, 0.717) is 0 Å². The van der Waals surface area contributed by atoms with E-state index < -0.39 is 15.3 Å². The van der Waals surface area contributed by atoms with Gasteiger partial charge >= 0.3 is 0 Å². The molecule has 0 amide bonds. The van der Waals surface area contributed by atoms with Gasteiger partial charge in [0.2, 0.25) is 0 Å². The third-order valence-electron chi connectivity index (χ3n) is 4.36. The van der Waals surface area contributed by atoms with E-state index in [9.17, 15) is 8.42 Å². The molecule has 0 saturated carbocycles. The van der Waals surface area contributed by atoms with Crippen LogP contribution in [0, 0.1) is 0 Å². The van der Waals surface area contributed by atoms with E-state index >= 15 is 0 Å². The molecule has 0 N–H and O–H groups in total. The highest BCUT2D eigenvalue weighted by Gasteiger charge is 2.49. The zero-order chi connectivity index (χ0) is 17.3. The van der Waals surface area contributed by atoms with Crippen LogP contribution >= 0.6 is 0 Å². The van der Waals surface area contributed by atoms with Crippen molar-refractivity contribution in [2.45, 2.75) is 17.3 Å².